The van der Waals surface area contributed by atoms with Crippen LogP contribution in [-0.4, -0.2) is 35.7 Å². The molecule has 0 spiro atoms. The highest BCUT2D eigenvalue weighted by atomic mass is 16.5. The second-order valence-corrected chi connectivity index (χ2v) is 8.13. The molecule has 0 unspecified atom stereocenters. The van der Waals surface area contributed by atoms with Crippen LogP contribution in [0.1, 0.15) is 44.7 Å². The predicted octanol–water partition coefficient (Wildman–Crippen LogP) is 2.59. The molecule has 2 aromatic rings. The third kappa shape index (κ3) is 6.18. The first-order valence-electron chi connectivity index (χ1n) is 10.4. The maximum Gasteiger partial charge on any atom is 0.330 e. The molecule has 1 amide bonds. The zero-order chi connectivity index (χ0) is 23.1. The van der Waals surface area contributed by atoms with Gasteiger partial charge in [-0.05, 0) is 29.0 Å². The van der Waals surface area contributed by atoms with Crippen LogP contribution in [0, 0.1) is 5.92 Å². The van der Waals surface area contributed by atoms with Gasteiger partial charge in [-0.3, -0.25) is 24.0 Å². The van der Waals surface area contributed by atoms with E-state index in [-0.39, 0.29) is 30.6 Å². The lowest BCUT2D eigenvalue weighted by Crippen LogP contribution is -2.42. The lowest BCUT2D eigenvalue weighted by Gasteiger charge is -2.23. The minimum Gasteiger partial charge on any atom is -0.383 e. The minimum atomic E-state index is -0.707. The van der Waals surface area contributed by atoms with Crippen LogP contribution in [0.3, 0.4) is 0 Å². The second kappa shape index (κ2) is 10.8. The Balaban J connectivity index is 2.42. The van der Waals surface area contributed by atoms with Gasteiger partial charge in [0.05, 0.1) is 6.61 Å². The summed E-state index contributed by atoms with van der Waals surface area (Å²) in [7, 11) is 1.50. The van der Waals surface area contributed by atoms with Gasteiger partial charge in [-0.25, -0.2) is 4.79 Å². The van der Waals surface area contributed by atoms with E-state index in [1.807, 2.05) is 38.1 Å². The number of anilines is 2. The fourth-order valence-electron chi connectivity index (χ4n) is 3.15. The molecule has 0 aliphatic rings. The number of benzene rings is 1. The van der Waals surface area contributed by atoms with Crippen LogP contribution in [-0.2, 0) is 16.1 Å². The van der Waals surface area contributed by atoms with Gasteiger partial charge in [0.2, 0.25) is 0 Å². The third-order valence-corrected chi connectivity index (χ3v) is 4.84. The molecule has 168 valence electrons. The van der Waals surface area contributed by atoms with Crippen LogP contribution in [0.25, 0.3) is 6.08 Å². The highest BCUT2D eigenvalue weighted by Gasteiger charge is 2.23. The van der Waals surface area contributed by atoms with Gasteiger partial charge in [0.25, 0.3) is 11.5 Å². The monoisotopic (exact) mass is 428 g/mol. The SMILES string of the molecule is COCCN(C(=O)/C=C/c1ccc(C(C)C)cc1)c1c(N)n(CC(C)C)c(=O)[nH]c1=O. The molecule has 1 heterocycles. The van der Waals surface area contributed by atoms with Crippen molar-refractivity contribution in [1.29, 1.82) is 0 Å². The Kier molecular flexibility index (Phi) is 8.38. The first-order chi connectivity index (χ1) is 14.6. The number of nitrogens with zero attached hydrogens (tertiary/aromatic N) is 2. The number of nitrogens with one attached hydrogen (secondary N) is 1. The lowest BCUT2D eigenvalue weighted by molar-refractivity contribution is -0.114. The third-order valence-electron chi connectivity index (χ3n) is 4.84. The number of ether oxygens (including phenoxy) is 1. The zero-order valence-corrected chi connectivity index (χ0v) is 18.8. The Morgan fingerprint density at radius 3 is 2.39 bits per heavy atom. The van der Waals surface area contributed by atoms with Gasteiger partial charge in [0.15, 0.2) is 5.69 Å². The molecule has 0 fully saturated rings. The highest BCUT2D eigenvalue weighted by molar-refractivity contribution is 6.05. The van der Waals surface area contributed by atoms with E-state index in [0.717, 1.165) is 5.56 Å². The summed E-state index contributed by atoms with van der Waals surface area (Å²) in [5.41, 5.74) is 6.89. The molecule has 8 heteroatoms. The van der Waals surface area contributed by atoms with Crippen molar-refractivity contribution in [2.24, 2.45) is 5.92 Å². The molecule has 3 N–H and O–H groups in total. The van der Waals surface area contributed by atoms with Crippen LogP contribution >= 0.6 is 0 Å². The number of hydrogen-bond acceptors (Lipinski definition) is 5. The standard InChI is InChI=1S/C23H32N4O4/c1-15(2)14-27-21(24)20(22(29)25-23(27)30)26(12-13-31-5)19(28)11-8-17-6-9-18(10-7-17)16(3)4/h6-11,15-16H,12-14,24H2,1-5H3,(H,25,29,30)/b11-8+. The largest absolute Gasteiger partial charge is 0.383 e. The van der Waals surface area contributed by atoms with E-state index in [9.17, 15) is 14.4 Å². The van der Waals surface area contributed by atoms with Gasteiger partial charge in [-0.15, -0.1) is 0 Å². The number of nitrogen functional groups attached to an aromatic ring is 1. The van der Waals surface area contributed by atoms with Crippen molar-refractivity contribution in [2.75, 3.05) is 30.9 Å². The normalized spacial score (nSPS) is 11.6. The van der Waals surface area contributed by atoms with E-state index in [1.54, 1.807) is 6.08 Å². The average molecular weight is 429 g/mol. The fraction of sp³-hybridized carbons (Fsp3) is 0.435. The molecule has 1 aromatic heterocycles. The Morgan fingerprint density at radius 2 is 1.84 bits per heavy atom. The maximum absolute atomic E-state index is 13.0. The number of amides is 1. The molecule has 0 aliphatic carbocycles. The summed E-state index contributed by atoms with van der Waals surface area (Å²) < 4.78 is 6.38. The Bertz CT molecular complexity index is 1030. The van der Waals surface area contributed by atoms with Crippen molar-refractivity contribution in [3.8, 4) is 0 Å². The number of carbonyl (C=O) groups is 1. The van der Waals surface area contributed by atoms with Gasteiger partial charge in [0, 0.05) is 26.3 Å². The molecule has 2 rings (SSSR count). The molecule has 0 bridgehead atoms. The van der Waals surface area contributed by atoms with Gasteiger partial charge < -0.3 is 10.5 Å². The minimum absolute atomic E-state index is 0.0402. The number of H-pyrrole nitrogens is 1. The van der Waals surface area contributed by atoms with Gasteiger partial charge in [0.1, 0.15) is 5.82 Å². The summed E-state index contributed by atoms with van der Waals surface area (Å²) in [6, 6.07) is 7.90. The first-order valence-corrected chi connectivity index (χ1v) is 10.4. The van der Waals surface area contributed by atoms with Gasteiger partial charge in [-0.2, -0.15) is 0 Å². The molecule has 0 aliphatic heterocycles. The Morgan fingerprint density at radius 1 is 1.19 bits per heavy atom. The average Bonchev–Trinajstić information content (AvgIpc) is 2.71. The maximum atomic E-state index is 13.0. The number of hydrogen-bond donors (Lipinski definition) is 2. The molecule has 1 aromatic carbocycles. The number of aromatic amines is 1. The van der Waals surface area contributed by atoms with Crippen LogP contribution in [0.15, 0.2) is 39.9 Å². The van der Waals surface area contributed by atoms with Crippen molar-refractivity contribution in [1.82, 2.24) is 9.55 Å². The number of aromatic nitrogens is 2. The van der Waals surface area contributed by atoms with E-state index in [1.165, 1.54) is 28.2 Å². The number of nitrogens with two attached hydrogens (primary N) is 1. The number of methoxy groups -OCH3 is 1. The lowest BCUT2D eigenvalue weighted by atomic mass is 10.0. The van der Waals surface area contributed by atoms with Crippen LogP contribution in [0.2, 0.25) is 0 Å². The predicted molar refractivity (Wildman–Crippen MR) is 124 cm³/mol. The highest BCUT2D eigenvalue weighted by Crippen LogP contribution is 2.19. The summed E-state index contributed by atoms with van der Waals surface area (Å²) >= 11 is 0. The molecular weight excluding hydrogens is 396 g/mol. The smallest absolute Gasteiger partial charge is 0.330 e. The summed E-state index contributed by atoms with van der Waals surface area (Å²) in [5.74, 6) is 0.0644. The molecule has 0 radical (unpaired) electrons. The number of rotatable bonds is 9. The van der Waals surface area contributed by atoms with E-state index >= 15 is 0 Å². The van der Waals surface area contributed by atoms with Crippen molar-refractivity contribution < 1.29 is 9.53 Å². The summed E-state index contributed by atoms with van der Waals surface area (Å²) in [5, 5.41) is 0. The van der Waals surface area contributed by atoms with E-state index in [0.29, 0.717) is 12.5 Å². The number of carbonyl (C=O) groups excluding carboxylic acids is 1. The fourth-order valence-corrected chi connectivity index (χ4v) is 3.15. The summed E-state index contributed by atoms with van der Waals surface area (Å²) in [6.07, 6.45) is 3.07. The topological polar surface area (TPSA) is 110 Å². The summed E-state index contributed by atoms with van der Waals surface area (Å²) in [6.45, 7) is 8.71. The second-order valence-electron chi connectivity index (χ2n) is 8.13. The quantitative estimate of drug-likeness (QED) is 0.597. The van der Waals surface area contributed by atoms with Crippen molar-refractivity contribution in [3.63, 3.8) is 0 Å². The Labute approximate surface area is 182 Å². The van der Waals surface area contributed by atoms with E-state index < -0.39 is 17.2 Å². The van der Waals surface area contributed by atoms with Crippen LogP contribution in [0.4, 0.5) is 11.5 Å². The molecule has 0 saturated heterocycles. The van der Waals surface area contributed by atoms with Crippen molar-refractivity contribution >= 4 is 23.5 Å². The van der Waals surface area contributed by atoms with Gasteiger partial charge in [-0.1, -0.05) is 52.0 Å². The molecule has 0 atom stereocenters. The van der Waals surface area contributed by atoms with Gasteiger partial charge >= 0.3 is 5.69 Å². The Hall–Kier alpha value is -3.13. The summed E-state index contributed by atoms with van der Waals surface area (Å²) in [4.78, 5) is 41.3. The van der Waals surface area contributed by atoms with Crippen LogP contribution in [0.5, 0.6) is 0 Å². The molecule has 8 nitrogen and oxygen atoms in total. The van der Waals surface area contributed by atoms with E-state index in [2.05, 4.69) is 18.8 Å². The van der Waals surface area contributed by atoms with Crippen LogP contribution < -0.4 is 21.9 Å². The molecule has 0 saturated carbocycles. The van der Waals surface area contributed by atoms with Crippen molar-refractivity contribution in [2.45, 2.75) is 40.2 Å². The van der Waals surface area contributed by atoms with Crippen molar-refractivity contribution in [3.05, 3.63) is 62.3 Å². The van der Waals surface area contributed by atoms with E-state index in [4.69, 9.17) is 10.5 Å². The zero-order valence-electron chi connectivity index (χ0n) is 18.8. The molecule has 31 heavy (non-hydrogen) atoms. The molecular formula is C23H32N4O4. The first kappa shape index (κ1) is 24.1.